The molecule has 1 aromatic carbocycles. The first kappa shape index (κ1) is 39.3. The van der Waals surface area contributed by atoms with E-state index >= 15 is 0 Å². The monoisotopic (exact) mass is 708 g/mol. The number of alkyl halides is 2. The van der Waals surface area contributed by atoms with Crippen LogP contribution >= 0.6 is 19.7 Å². The molecule has 4 atom stereocenters. The number of carbonyl (C=O) groups excluding carboxylic acids is 3. The van der Waals surface area contributed by atoms with Crippen molar-refractivity contribution in [2.45, 2.75) is 70.5 Å². The Morgan fingerprint density at radius 2 is 1.92 bits per heavy atom. The number of fused-ring (bicyclic) bond motifs is 1. The number of rotatable bonds is 15. The van der Waals surface area contributed by atoms with E-state index < -0.39 is 25.5 Å². The SMILES string of the molecule is CC[C@@H](C(=O)N1CCC(c2ccc(OC)nc2)C1)N(C)CCC(C)[C@@H](C)CCC=O.NC(=O)c1cc2cc(C(F)(F)P(O)O)ccc2s1. The van der Waals surface area contributed by atoms with Crippen LogP contribution in [0.4, 0.5) is 8.78 Å². The zero-order chi connectivity index (χ0) is 35.6. The summed E-state index contributed by atoms with van der Waals surface area (Å²) >= 11 is 1.09. The molecule has 1 saturated heterocycles. The molecule has 0 aliphatic carbocycles. The number of thiophene rings is 1. The number of halogens is 2. The van der Waals surface area contributed by atoms with Crippen LogP contribution in [0.2, 0.25) is 0 Å². The summed E-state index contributed by atoms with van der Waals surface area (Å²) in [5.41, 5.74) is 2.07. The summed E-state index contributed by atoms with van der Waals surface area (Å²) in [4.78, 5) is 61.0. The average Bonchev–Trinajstić information content (AvgIpc) is 3.74. The molecule has 4 N–H and O–H groups in total. The molecule has 0 saturated carbocycles. The number of aromatic nitrogens is 1. The van der Waals surface area contributed by atoms with Crippen LogP contribution in [0.3, 0.4) is 0 Å². The van der Waals surface area contributed by atoms with E-state index in [0.717, 1.165) is 75.1 Å². The van der Waals surface area contributed by atoms with Crippen molar-refractivity contribution in [3.05, 3.63) is 58.6 Å². The first-order valence-corrected chi connectivity index (χ1v) is 18.1. The van der Waals surface area contributed by atoms with Crippen molar-refractivity contribution in [1.82, 2.24) is 14.8 Å². The lowest BCUT2D eigenvalue weighted by Gasteiger charge is -2.31. The fourth-order valence-electron chi connectivity index (χ4n) is 5.80. The van der Waals surface area contributed by atoms with Gasteiger partial charge in [-0.15, -0.1) is 11.3 Å². The van der Waals surface area contributed by atoms with Crippen LogP contribution in [0.1, 0.15) is 79.6 Å². The smallest absolute Gasteiger partial charge is 0.339 e. The van der Waals surface area contributed by atoms with Gasteiger partial charge in [-0.3, -0.25) is 14.5 Å². The Kier molecular flexibility index (Phi) is 14.8. The van der Waals surface area contributed by atoms with Gasteiger partial charge in [0.1, 0.15) is 6.29 Å². The number of primary amides is 1. The number of likely N-dealkylation sites (N-methyl/N-ethyl adjacent to an activating group) is 1. The van der Waals surface area contributed by atoms with Gasteiger partial charge in [-0.1, -0.05) is 32.9 Å². The molecular formula is C34H47F2N4O6PS. The highest BCUT2D eigenvalue weighted by Gasteiger charge is 2.41. The third kappa shape index (κ3) is 10.2. The van der Waals surface area contributed by atoms with Gasteiger partial charge in [0.05, 0.1) is 18.0 Å². The fraction of sp³-hybridized carbons (Fsp3) is 0.529. The molecule has 3 heterocycles. The molecule has 3 aromatic rings. The molecule has 1 aliphatic heterocycles. The van der Waals surface area contributed by atoms with Gasteiger partial charge in [0.2, 0.25) is 20.2 Å². The highest BCUT2D eigenvalue weighted by Crippen LogP contribution is 2.53. The van der Waals surface area contributed by atoms with Gasteiger partial charge in [-0.25, -0.2) is 4.98 Å². The van der Waals surface area contributed by atoms with Crippen molar-refractivity contribution >= 4 is 47.9 Å². The molecule has 1 aliphatic rings. The lowest BCUT2D eigenvalue weighted by atomic mass is 9.89. The number of aldehydes is 1. The molecule has 48 heavy (non-hydrogen) atoms. The number of amides is 2. The molecule has 2 aromatic heterocycles. The van der Waals surface area contributed by atoms with Gasteiger partial charge in [0, 0.05) is 48.0 Å². The number of ether oxygens (including phenoxy) is 1. The Labute approximate surface area is 286 Å². The zero-order valence-corrected chi connectivity index (χ0v) is 29.9. The van der Waals surface area contributed by atoms with Gasteiger partial charge in [0.15, 0.2) is 0 Å². The Bertz CT molecular complexity index is 1510. The fourth-order valence-corrected chi connectivity index (χ4v) is 7.07. The van der Waals surface area contributed by atoms with E-state index in [9.17, 15) is 23.2 Å². The normalized spacial score (nSPS) is 16.8. The van der Waals surface area contributed by atoms with Crippen LogP contribution in [-0.2, 0) is 15.3 Å². The van der Waals surface area contributed by atoms with Crippen molar-refractivity contribution < 1.29 is 37.7 Å². The average molecular weight is 709 g/mol. The summed E-state index contributed by atoms with van der Waals surface area (Å²) in [6.45, 7) is 9.02. The number of pyridine rings is 1. The molecule has 4 rings (SSSR count). The van der Waals surface area contributed by atoms with Gasteiger partial charge < -0.3 is 30.0 Å². The summed E-state index contributed by atoms with van der Waals surface area (Å²) in [7, 11) is 0.280. The van der Waals surface area contributed by atoms with E-state index in [1.54, 1.807) is 7.11 Å². The van der Waals surface area contributed by atoms with Crippen molar-refractivity contribution in [3.63, 3.8) is 0 Å². The highest BCUT2D eigenvalue weighted by molar-refractivity contribution is 7.46. The number of hydrogen-bond acceptors (Lipinski definition) is 9. The maximum Gasteiger partial charge on any atom is 0.339 e. The van der Waals surface area contributed by atoms with Crippen molar-refractivity contribution in [2.75, 3.05) is 33.8 Å². The number of nitrogens with zero attached hydrogens (tertiary/aromatic N) is 3. The summed E-state index contributed by atoms with van der Waals surface area (Å²) in [5.74, 6) is 1.64. The topological polar surface area (TPSA) is 146 Å². The molecule has 10 nitrogen and oxygen atoms in total. The van der Waals surface area contributed by atoms with Crippen molar-refractivity contribution in [2.24, 2.45) is 17.6 Å². The molecule has 1 fully saturated rings. The van der Waals surface area contributed by atoms with Gasteiger partial charge in [0.25, 0.3) is 5.91 Å². The molecule has 264 valence electrons. The van der Waals surface area contributed by atoms with E-state index in [4.69, 9.17) is 20.3 Å². The maximum absolute atomic E-state index is 13.4. The van der Waals surface area contributed by atoms with Crippen LogP contribution in [0.25, 0.3) is 10.1 Å². The Hall–Kier alpha value is -3.09. The van der Waals surface area contributed by atoms with Gasteiger partial charge >= 0.3 is 5.66 Å². The second-order valence-corrected chi connectivity index (χ2v) is 14.6. The summed E-state index contributed by atoms with van der Waals surface area (Å²) in [5, 5.41) is 0.419. The van der Waals surface area contributed by atoms with Crippen LogP contribution in [0.5, 0.6) is 5.88 Å². The van der Waals surface area contributed by atoms with Gasteiger partial charge in [-0.2, -0.15) is 8.78 Å². The molecular weight excluding hydrogens is 661 g/mol. The van der Waals surface area contributed by atoms with E-state index in [2.05, 4.69) is 43.8 Å². The van der Waals surface area contributed by atoms with Crippen LogP contribution < -0.4 is 10.5 Å². The number of nitrogens with two attached hydrogens (primary N) is 1. The minimum atomic E-state index is -3.70. The predicted molar refractivity (Wildman–Crippen MR) is 185 cm³/mol. The number of likely N-dealkylation sites (tertiary alicyclic amines) is 1. The van der Waals surface area contributed by atoms with Crippen LogP contribution in [0, 0.1) is 11.8 Å². The maximum atomic E-state index is 13.4. The first-order chi connectivity index (χ1) is 22.7. The molecule has 0 bridgehead atoms. The number of carbonyl (C=O) groups is 3. The number of methoxy groups -OCH3 is 1. The van der Waals surface area contributed by atoms with E-state index in [0.29, 0.717) is 40.1 Å². The molecule has 0 radical (unpaired) electrons. The molecule has 14 heteroatoms. The summed E-state index contributed by atoms with van der Waals surface area (Å²) in [6, 6.07) is 8.90. The molecule has 2 amide bonds. The largest absolute Gasteiger partial charge is 0.481 e. The standard InChI is InChI=1S/C24H39N3O3.C10H8F2NO3PS/c1-6-22(26(4)13-11-19(3)18(2)8-7-15-28)24(29)27-14-12-21(17-27)20-9-10-23(30-5)25-16-20;11-10(12,17(15)16)6-1-2-7-5(3-6)4-8(18-7)9(13)14/h9-10,15-16,18-19,21-22H,6-8,11-14,17H2,1-5H3;1-4,15-16H,(H2,13,14)/t18-,19?,21?,22-;/m0./s1. The quantitative estimate of drug-likeness (QED) is 0.127. The van der Waals surface area contributed by atoms with E-state index in [-0.39, 0.29) is 16.8 Å². The summed E-state index contributed by atoms with van der Waals surface area (Å²) in [6.07, 6.45) is 7.29. The lowest BCUT2D eigenvalue weighted by molar-refractivity contribution is -0.135. The van der Waals surface area contributed by atoms with E-state index in [1.165, 1.54) is 17.7 Å². The molecule has 2 unspecified atom stereocenters. The summed E-state index contributed by atoms with van der Waals surface area (Å²) < 4.78 is 32.6. The Morgan fingerprint density at radius 1 is 1.21 bits per heavy atom. The van der Waals surface area contributed by atoms with Crippen LogP contribution in [0.15, 0.2) is 42.6 Å². The van der Waals surface area contributed by atoms with Crippen molar-refractivity contribution in [1.29, 1.82) is 0 Å². The highest BCUT2D eigenvalue weighted by atomic mass is 32.1. The van der Waals surface area contributed by atoms with Gasteiger partial charge in [-0.05, 0) is 80.3 Å². The zero-order valence-electron chi connectivity index (χ0n) is 28.1. The number of hydrogen-bond donors (Lipinski definition) is 3. The first-order valence-electron chi connectivity index (χ1n) is 16.1. The predicted octanol–water partition coefficient (Wildman–Crippen LogP) is 6.10. The minimum Gasteiger partial charge on any atom is -0.481 e. The third-order valence-corrected chi connectivity index (χ3v) is 11.0. The minimum absolute atomic E-state index is 0.0739. The molecule has 0 spiro atoms. The van der Waals surface area contributed by atoms with Crippen molar-refractivity contribution in [3.8, 4) is 5.88 Å². The second-order valence-electron chi connectivity index (χ2n) is 12.4. The second kappa shape index (κ2) is 18.1. The Balaban J connectivity index is 0.000000294. The van der Waals surface area contributed by atoms with Crippen LogP contribution in [-0.4, -0.2) is 82.5 Å². The Morgan fingerprint density at radius 3 is 2.50 bits per heavy atom. The third-order valence-electron chi connectivity index (χ3n) is 9.15. The number of benzene rings is 1. The van der Waals surface area contributed by atoms with E-state index in [1.807, 2.05) is 17.2 Å². The lowest BCUT2D eigenvalue weighted by Crippen LogP contribution is -2.46.